The minimum absolute atomic E-state index is 0.117. The van der Waals surface area contributed by atoms with E-state index in [2.05, 4.69) is 15.0 Å². The smallest absolute Gasteiger partial charge is 0.337 e. The first-order valence-corrected chi connectivity index (χ1v) is 9.30. The quantitative estimate of drug-likeness (QED) is 0.608. The van der Waals surface area contributed by atoms with Crippen molar-refractivity contribution in [2.75, 3.05) is 7.05 Å². The van der Waals surface area contributed by atoms with Crippen LogP contribution in [0.5, 0.6) is 0 Å². The molecule has 1 aromatic carbocycles. The fourth-order valence-corrected chi connectivity index (χ4v) is 3.22. The fraction of sp³-hybridized carbons (Fsp3) is 0.333. The van der Waals surface area contributed by atoms with E-state index < -0.39 is 11.7 Å². The van der Waals surface area contributed by atoms with Crippen molar-refractivity contribution in [1.29, 1.82) is 0 Å². The molecule has 2 heterocycles. The van der Waals surface area contributed by atoms with Crippen molar-refractivity contribution in [3.63, 3.8) is 0 Å². The van der Waals surface area contributed by atoms with Gasteiger partial charge in [-0.3, -0.25) is 9.78 Å². The van der Waals surface area contributed by atoms with E-state index in [-0.39, 0.29) is 11.9 Å². The lowest BCUT2D eigenvalue weighted by Crippen LogP contribution is -2.37. The summed E-state index contributed by atoms with van der Waals surface area (Å²) in [5, 5.41) is 1.72. The molecule has 0 aliphatic rings. The van der Waals surface area contributed by atoms with Crippen molar-refractivity contribution in [2.45, 2.75) is 38.4 Å². The summed E-state index contributed by atoms with van der Waals surface area (Å²) < 4.78 is 37.9. The van der Waals surface area contributed by atoms with Gasteiger partial charge in [0.05, 0.1) is 5.56 Å². The van der Waals surface area contributed by atoms with Gasteiger partial charge in [0.25, 0.3) is 5.91 Å². The van der Waals surface area contributed by atoms with Crippen LogP contribution in [0.25, 0.3) is 10.8 Å². The van der Waals surface area contributed by atoms with E-state index in [0.717, 1.165) is 23.2 Å². The molecule has 1 atom stereocenters. The number of nitrogens with zero attached hydrogens (tertiary/aromatic N) is 4. The van der Waals surface area contributed by atoms with Gasteiger partial charge >= 0.3 is 6.18 Å². The second-order valence-electron chi connectivity index (χ2n) is 6.78. The predicted octanol–water partition coefficient (Wildman–Crippen LogP) is 4.53. The van der Waals surface area contributed by atoms with E-state index in [0.29, 0.717) is 30.8 Å². The zero-order valence-corrected chi connectivity index (χ0v) is 16.1. The molecule has 8 heteroatoms. The summed E-state index contributed by atoms with van der Waals surface area (Å²) >= 11 is 0. The van der Waals surface area contributed by atoms with Crippen molar-refractivity contribution >= 4 is 16.7 Å². The number of amides is 1. The highest BCUT2D eigenvalue weighted by Gasteiger charge is 2.31. The van der Waals surface area contributed by atoms with Crippen LogP contribution in [0.2, 0.25) is 0 Å². The molecule has 3 rings (SSSR count). The van der Waals surface area contributed by atoms with Gasteiger partial charge in [0, 0.05) is 43.5 Å². The molecule has 3 aromatic rings. The van der Waals surface area contributed by atoms with Crippen LogP contribution < -0.4 is 0 Å². The number of aromatic nitrogens is 3. The van der Waals surface area contributed by atoms with Gasteiger partial charge in [0.2, 0.25) is 0 Å². The Labute approximate surface area is 166 Å². The molecular weight excluding hydrogens is 381 g/mol. The van der Waals surface area contributed by atoms with E-state index >= 15 is 0 Å². The second-order valence-corrected chi connectivity index (χ2v) is 6.78. The maximum absolute atomic E-state index is 13.0. The number of halogens is 3. The van der Waals surface area contributed by atoms with Gasteiger partial charge in [-0.05, 0) is 24.3 Å². The van der Waals surface area contributed by atoms with Gasteiger partial charge < -0.3 is 4.90 Å². The maximum Gasteiger partial charge on any atom is 0.419 e. The molecule has 1 amide bonds. The van der Waals surface area contributed by atoms with Crippen LogP contribution in [0.4, 0.5) is 13.2 Å². The summed E-state index contributed by atoms with van der Waals surface area (Å²) in [5.41, 5.74) is -0.488. The Morgan fingerprint density at radius 2 is 1.79 bits per heavy atom. The number of carbonyl (C=O) groups excluding carboxylic acids is 1. The normalized spacial score (nSPS) is 12.7. The van der Waals surface area contributed by atoms with Gasteiger partial charge in [-0.15, -0.1) is 0 Å². The average molecular weight is 402 g/mol. The highest BCUT2D eigenvalue weighted by Crippen LogP contribution is 2.28. The third-order valence-electron chi connectivity index (χ3n) is 4.95. The van der Waals surface area contributed by atoms with Gasteiger partial charge in [-0.1, -0.05) is 31.2 Å². The van der Waals surface area contributed by atoms with Crippen LogP contribution in [0.1, 0.15) is 41.6 Å². The van der Waals surface area contributed by atoms with Crippen LogP contribution in [0.15, 0.2) is 48.9 Å². The average Bonchev–Trinajstić information content (AvgIpc) is 2.72. The molecule has 0 N–H and O–H groups in total. The molecule has 2 aromatic heterocycles. The molecule has 0 bridgehead atoms. The number of pyridine rings is 1. The number of hydrogen-bond acceptors (Lipinski definition) is 4. The maximum atomic E-state index is 13.0. The summed E-state index contributed by atoms with van der Waals surface area (Å²) in [4.78, 5) is 26.6. The molecule has 29 heavy (non-hydrogen) atoms. The van der Waals surface area contributed by atoms with E-state index in [1.54, 1.807) is 18.1 Å². The Bertz CT molecular complexity index is 984. The van der Waals surface area contributed by atoms with E-state index in [9.17, 15) is 18.0 Å². The molecule has 0 spiro atoms. The number of alkyl halides is 3. The molecule has 0 saturated carbocycles. The SMILES string of the molecule is CC[C@@H](CCc1ncc(C(F)(F)F)cn1)N(C)C(=O)c1nccc2ccccc12. The highest BCUT2D eigenvalue weighted by atomic mass is 19.4. The number of benzene rings is 1. The summed E-state index contributed by atoms with van der Waals surface area (Å²) in [6.45, 7) is 1.96. The van der Waals surface area contributed by atoms with Crippen molar-refractivity contribution in [1.82, 2.24) is 19.9 Å². The number of aryl methyl sites for hydroxylation is 1. The van der Waals surface area contributed by atoms with Crippen molar-refractivity contribution in [3.8, 4) is 0 Å². The molecule has 152 valence electrons. The zero-order chi connectivity index (χ0) is 21.0. The van der Waals surface area contributed by atoms with Crippen LogP contribution in [0, 0.1) is 0 Å². The Morgan fingerprint density at radius 1 is 1.10 bits per heavy atom. The van der Waals surface area contributed by atoms with Crippen molar-refractivity contribution in [3.05, 3.63) is 66.0 Å². The molecule has 0 fully saturated rings. The minimum atomic E-state index is -4.46. The number of carbonyl (C=O) groups is 1. The topological polar surface area (TPSA) is 59.0 Å². The molecule has 0 radical (unpaired) electrons. The van der Waals surface area contributed by atoms with Gasteiger partial charge in [-0.25, -0.2) is 9.97 Å². The van der Waals surface area contributed by atoms with E-state index in [1.165, 1.54) is 0 Å². The lowest BCUT2D eigenvalue weighted by Gasteiger charge is -2.27. The summed E-state index contributed by atoms with van der Waals surface area (Å²) in [6.07, 6.45) is 0.332. The summed E-state index contributed by atoms with van der Waals surface area (Å²) in [5.74, 6) is 0.127. The fourth-order valence-electron chi connectivity index (χ4n) is 3.22. The monoisotopic (exact) mass is 402 g/mol. The largest absolute Gasteiger partial charge is 0.419 e. The Balaban J connectivity index is 1.71. The minimum Gasteiger partial charge on any atom is -0.337 e. The standard InChI is InChI=1S/C21H21F3N4O/c1-3-16(8-9-18-26-12-15(13-27-18)21(22,23)24)28(2)20(29)19-17-7-5-4-6-14(17)10-11-25-19/h4-7,10-13,16H,3,8-9H2,1-2H3/t16-/m0/s1. The lowest BCUT2D eigenvalue weighted by atomic mass is 10.0. The second kappa shape index (κ2) is 8.55. The first kappa shape index (κ1) is 20.7. The molecule has 0 aliphatic heterocycles. The van der Waals surface area contributed by atoms with Gasteiger partial charge in [0.15, 0.2) is 0 Å². The highest BCUT2D eigenvalue weighted by molar-refractivity contribution is 6.05. The first-order valence-electron chi connectivity index (χ1n) is 9.30. The van der Waals surface area contributed by atoms with E-state index in [1.807, 2.05) is 37.3 Å². The van der Waals surface area contributed by atoms with Crippen molar-refractivity contribution < 1.29 is 18.0 Å². The molecule has 0 aliphatic carbocycles. The first-order chi connectivity index (χ1) is 13.8. The van der Waals surface area contributed by atoms with E-state index in [4.69, 9.17) is 0 Å². The van der Waals surface area contributed by atoms with Gasteiger partial charge in [0.1, 0.15) is 11.5 Å². The summed E-state index contributed by atoms with van der Waals surface area (Å²) in [7, 11) is 1.72. The number of hydrogen-bond donors (Lipinski definition) is 0. The zero-order valence-electron chi connectivity index (χ0n) is 16.1. The molecular formula is C21H21F3N4O. The van der Waals surface area contributed by atoms with Crippen LogP contribution in [-0.2, 0) is 12.6 Å². The molecule has 0 unspecified atom stereocenters. The van der Waals surface area contributed by atoms with Crippen LogP contribution in [-0.4, -0.2) is 38.8 Å². The third-order valence-corrected chi connectivity index (χ3v) is 4.95. The number of fused-ring (bicyclic) bond motifs is 1. The third kappa shape index (κ3) is 4.70. The molecule has 0 saturated heterocycles. The number of rotatable bonds is 6. The Morgan fingerprint density at radius 3 is 2.45 bits per heavy atom. The molecule has 5 nitrogen and oxygen atoms in total. The van der Waals surface area contributed by atoms with Crippen LogP contribution >= 0.6 is 0 Å². The lowest BCUT2D eigenvalue weighted by molar-refractivity contribution is -0.138. The van der Waals surface area contributed by atoms with Crippen LogP contribution in [0.3, 0.4) is 0 Å². The van der Waals surface area contributed by atoms with Gasteiger partial charge in [-0.2, -0.15) is 13.2 Å². The predicted molar refractivity (Wildman–Crippen MR) is 103 cm³/mol. The summed E-state index contributed by atoms with van der Waals surface area (Å²) in [6, 6.07) is 9.28. The Kier molecular flexibility index (Phi) is 6.10. The Hall–Kier alpha value is -3.03. The van der Waals surface area contributed by atoms with Crippen molar-refractivity contribution in [2.24, 2.45) is 0 Å².